The normalized spacial score (nSPS) is 11.1. The third-order valence-electron chi connectivity index (χ3n) is 2.42. The molecule has 0 aliphatic carbocycles. The van der Waals surface area contributed by atoms with Gasteiger partial charge in [0.25, 0.3) is 0 Å². The summed E-state index contributed by atoms with van der Waals surface area (Å²) in [5, 5.41) is 0. The lowest BCUT2D eigenvalue weighted by Gasteiger charge is -2.19. The van der Waals surface area contributed by atoms with Gasteiger partial charge in [0.05, 0.1) is 0 Å². The van der Waals surface area contributed by atoms with Gasteiger partial charge in [-0.05, 0) is 31.5 Å². The van der Waals surface area contributed by atoms with Crippen LogP contribution in [0.1, 0.15) is 19.4 Å². The molecule has 1 aromatic carbocycles. The molecule has 76 valence electrons. The number of anilines is 1. The van der Waals surface area contributed by atoms with E-state index in [0.717, 1.165) is 17.5 Å². The smallest absolute Gasteiger partial charge is 0.129 e. The van der Waals surface area contributed by atoms with E-state index in [-0.39, 0.29) is 5.41 Å². The van der Waals surface area contributed by atoms with E-state index >= 15 is 0 Å². The quantitative estimate of drug-likeness (QED) is 0.683. The molecule has 0 unspecified atom stereocenters. The average Bonchev–Trinajstić information content (AvgIpc) is 2.18. The Hall–Kier alpha value is -1.31. The van der Waals surface area contributed by atoms with Gasteiger partial charge >= 0.3 is 0 Å². The van der Waals surface area contributed by atoms with Crippen LogP contribution in [0.3, 0.4) is 0 Å². The first-order valence-corrected chi connectivity index (χ1v) is 4.71. The largest absolute Gasteiger partial charge is 0.378 e. The number of hydrogen-bond acceptors (Lipinski definition) is 2. The summed E-state index contributed by atoms with van der Waals surface area (Å²) in [5.74, 6) is 0. The molecule has 0 saturated heterocycles. The monoisotopic (exact) mass is 191 g/mol. The van der Waals surface area contributed by atoms with E-state index < -0.39 is 0 Å². The van der Waals surface area contributed by atoms with Crippen molar-refractivity contribution in [2.75, 3.05) is 19.0 Å². The Morgan fingerprint density at radius 1 is 1.14 bits per heavy atom. The first kappa shape index (κ1) is 10.8. The van der Waals surface area contributed by atoms with Crippen LogP contribution in [0.15, 0.2) is 24.3 Å². The van der Waals surface area contributed by atoms with Crippen LogP contribution < -0.4 is 4.90 Å². The zero-order valence-corrected chi connectivity index (χ0v) is 9.24. The lowest BCUT2D eigenvalue weighted by Crippen LogP contribution is -2.18. The topological polar surface area (TPSA) is 20.3 Å². The maximum atomic E-state index is 10.8. The number of benzene rings is 1. The lowest BCUT2D eigenvalue weighted by molar-refractivity contribution is -0.111. The number of rotatable bonds is 3. The Morgan fingerprint density at radius 3 is 2.00 bits per heavy atom. The van der Waals surface area contributed by atoms with E-state index in [0.29, 0.717) is 0 Å². The molecule has 2 nitrogen and oxygen atoms in total. The molecular weight excluding hydrogens is 174 g/mol. The van der Waals surface area contributed by atoms with Crippen molar-refractivity contribution in [3.05, 3.63) is 29.8 Å². The number of carbonyl (C=O) groups excluding carboxylic acids is 1. The molecule has 0 aliphatic heterocycles. The highest BCUT2D eigenvalue weighted by Gasteiger charge is 2.18. The zero-order valence-electron chi connectivity index (χ0n) is 9.24. The molecule has 0 aromatic heterocycles. The first-order chi connectivity index (χ1) is 6.47. The summed E-state index contributed by atoms with van der Waals surface area (Å²) < 4.78 is 0. The Bertz CT molecular complexity index is 312. The van der Waals surface area contributed by atoms with Crippen LogP contribution in [-0.4, -0.2) is 20.4 Å². The second kappa shape index (κ2) is 3.82. The van der Waals surface area contributed by atoms with Crippen molar-refractivity contribution in [3.8, 4) is 0 Å². The molecule has 0 spiro atoms. The first-order valence-electron chi connectivity index (χ1n) is 4.71. The maximum absolute atomic E-state index is 10.8. The molecule has 1 aromatic rings. The van der Waals surface area contributed by atoms with Crippen molar-refractivity contribution in [2.45, 2.75) is 19.3 Å². The Balaban J connectivity index is 2.99. The average molecular weight is 191 g/mol. The van der Waals surface area contributed by atoms with Gasteiger partial charge in [0.15, 0.2) is 0 Å². The summed E-state index contributed by atoms with van der Waals surface area (Å²) in [6.07, 6.45) is 0.984. The standard InChI is InChI=1S/C12H17NO/c1-12(2,9-14)10-5-7-11(8-6-10)13(3)4/h5-9H,1-4H3. The second-order valence-corrected chi connectivity index (χ2v) is 4.28. The van der Waals surface area contributed by atoms with Crippen molar-refractivity contribution in [1.29, 1.82) is 0 Å². The van der Waals surface area contributed by atoms with E-state index in [9.17, 15) is 4.79 Å². The van der Waals surface area contributed by atoms with Crippen LogP contribution >= 0.6 is 0 Å². The molecule has 0 atom stereocenters. The highest BCUT2D eigenvalue weighted by molar-refractivity contribution is 5.67. The van der Waals surface area contributed by atoms with Gasteiger partial charge in [-0.3, -0.25) is 0 Å². The molecular formula is C12H17NO. The number of nitrogens with zero attached hydrogens (tertiary/aromatic N) is 1. The van der Waals surface area contributed by atoms with E-state index in [1.807, 2.05) is 57.1 Å². The summed E-state index contributed by atoms with van der Waals surface area (Å²) in [5.41, 5.74) is 1.82. The van der Waals surface area contributed by atoms with Gasteiger partial charge < -0.3 is 9.69 Å². The fourth-order valence-electron chi connectivity index (χ4n) is 1.26. The van der Waals surface area contributed by atoms with Crippen molar-refractivity contribution in [2.24, 2.45) is 0 Å². The molecule has 0 radical (unpaired) electrons. The fraction of sp³-hybridized carbons (Fsp3) is 0.417. The SMILES string of the molecule is CN(C)c1ccc(C(C)(C)C=O)cc1. The molecule has 0 heterocycles. The van der Waals surface area contributed by atoms with E-state index in [1.165, 1.54) is 0 Å². The second-order valence-electron chi connectivity index (χ2n) is 4.28. The van der Waals surface area contributed by atoms with Crippen LogP contribution in [0.2, 0.25) is 0 Å². The van der Waals surface area contributed by atoms with Gasteiger partial charge in [-0.1, -0.05) is 12.1 Å². The van der Waals surface area contributed by atoms with Gasteiger partial charge in [0, 0.05) is 25.2 Å². The van der Waals surface area contributed by atoms with Gasteiger partial charge in [0.2, 0.25) is 0 Å². The predicted molar refractivity (Wildman–Crippen MR) is 59.9 cm³/mol. The number of hydrogen-bond donors (Lipinski definition) is 0. The van der Waals surface area contributed by atoms with E-state index in [1.54, 1.807) is 0 Å². The minimum atomic E-state index is -0.384. The maximum Gasteiger partial charge on any atom is 0.129 e. The molecule has 0 amide bonds. The molecule has 0 N–H and O–H groups in total. The summed E-state index contributed by atoms with van der Waals surface area (Å²) in [6, 6.07) is 8.06. The van der Waals surface area contributed by atoms with E-state index in [2.05, 4.69) is 0 Å². The zero-order chi connectivity index (χ0) is 10.8. The Labute approximate surface area is 85.5 Å². The molecule has 0 fully saturated rings. The summed E-state index contributed by atoms with van der Waals surface area (Å²) >= 11 is 0. The fourth-order valence-corrected chi connectivity index (χ4v) is 1.26. The van der Waals surface area contributed by atoms with Crippen molar-refractivity contribution in [1.82, 2.24) is 0 Å². The summed E-state index contributed by atoms with van der Waals surface area (Å²) in [7, 11) is 4.00. The van der Waals surface area contributed by atoms with Crippen LogP contribution in [-0.2, 0) is 10.2 Å². The molecule has 0 saturated carbocycles. The van der Waals surface area contributed by atoms with Gasteiger partial charge in [-0.25, -0.2) is 0 Å². The van der Waals surface area contributed by atoms with Gasteiger partial charge in [-0.15, -0.1) is 0 Å². The molecule has 0 aliphatic rings. The molecule has 2 heteroatoms. The van der Waals surface area contributed by atoms with Crippen molar-refractivity contribution in [3.63, 3.8) is 0 Å². The van der Waals surface area contributed by atoms with Gasteiger partial charge in [-0.2, -0.15) is 0 Å². The lowest BCUT2D eigenvalue weighted by atomic mass is 9.86. The Morgan fingerprint density at radius 2 is 1.64 bits per heavy atom. The highest BCUT2D eigenvalue weighted by Crippen LogP contribution is 2.22. The van der Waals surface area contributed by atoms with Crippen molar-refractivity contribution >= 4 is 12.0 Å². The van der Waals surface area contributed by atoms with Crippen LogP contribution in [0.4, 0.5) is 5.69 Å². The van der Waals surface area contributed by atoms with E-state index in [4.69, 9.17) is 0 Å². The third-order valence-corrected chi connectivity index (χ3v) is 2.42. The van der Waals surface area contributed by atoms with Crippen molar-refractivity contribution < 1.29 is 4.79 Å². The molecule has 0 bridgehead atoms. The minimum absolute atomic E-state index is 0.384. The number of aldehydes is 1. The molecule has 14 heavy (non-hydrogen) atoms. The number of carbonyl (C=O) groups is 1. The predicted octanol–water partition coefficient (Wildman–Crippen LogP) is 2.23. The van der Waals surface area contributed by atoms with Crippen LogP contribution in [0.25, 0.3) is 0 Å². The Kier molecular flexibility index (Phi) is 2.94. The highest BCUT2D eigenvalue weighted by atomic mass is 16.1. The molecule has 1 rings (SSSR count). The summed E-state index contributed by atoms with van der Waals surface area (Å²) in [6.45, 7) is 3.84. The third kappa shape index (κ3) is 2.13. The summed E-state index contributed by atoms with van der Waals surface area (Å²) in [4.78, 5) is 12.9. The van der Waals surface area contributed by atoms with Crippen LogP contribution in [0, 0.1) is 0 Å². The van der Waals surface area contributed by atoms with Gasteiger partial charge in [0.1, 0.15) is 6.29 Å². The minimum Gasteiger partial charge on any atom is -0.378 e. The van der Waals surface area contributed by atoms with Crippen LogP contribution in [0.5, 0.6) is 0 Å².